The Morgan fingerprint density at radius 3 is 1.00 bits per heavy atom. The smallest absolute Gasteiger partial charge is 0.208 e. The molecule has 0 saturated heterocycles. The Morgan fingerprint density at radius 1 is 0.288 bits per heavy atom. The fraction of sp³-hybridized carbons (Fsp3) is 0.636. The molecule has 16 nitrogen and oxygen atoms in total. The molecule has 8 saturated carbocycles. The minimum Gasteiger partial charge on any atom is -0.489 e. The average Bonchev–Trinajstić information content (AvgIpc) is 1.59. The van der Waals surface area contributed by atoms with Crippen LogP contribution in [0.3, 0.4) is 0 Å². The van der Waals surface area contributed by atoms with E-state index in [1.807, 2.05) is 4.73 Å². The number of nitrogens with one attached hydrogen (secondary N) is 1. The molecule has 0 amide bonds. The largest absolute Gasteiger partial charge is 0.489 e. The molecule has 0 radical (unpaired) electrons. The lowest BCUT2D eigenvalue weighted by Crippen LogP contribution is -2.22. The van der Waals surface area contributed by atoms with Gasteiger partial charge in [-0.1, -0.05) is 203 Å². The second-order valence-electron chi connectivity index (χ2n) is 33.3. The van der Waals surface area contributed by atoms with E-state index in [4.69, 9.17) is 67.9 Å². The quantitative estimate of drug-likeness (QED) is 0.0606. The van der Waals surface area contributed by atoms with Crippen molar-refractivity contribution in [2.75, 3.05) is 52.9 Å². The third-order valence-electron chi connectivity index (χ3n) is 25.7. The summed E-state index contributed by atoms with van der Waals surface area (Å²) in [5.74, 6) is 9.34. The molecule has 1 N–H and O–H groups in total. The van der Waals surface area contributed by atoms with E-state index in [1.54, 1.807) is 0 Å². The summed E-state index contributed by atoms with van der Waals surface area (Å²) in [6.07, 6.45) is 47.0. The highest BCUT2D eigenvalue weighted by atomic mass is 16.7. The van der Waals surface area contributed by atoms with Gasteiger partial charge in [0.15, 0.2) is 57.6 Å². The van der Waals surface area contributed by atoms with Crippen LogP contribution in [0, 0.1) is 47.3 Å². The number of aromatic amines is 1. The molecule has 5 heterocycles. The monoisotopic (exact) mass is 1410 g/mol. The van der Waals surface area contributed by atoms with E-state index in [2.05, 4.69) is 59.6 Å². The molecule has 2 aliphatic heterocycles. The second kappa shape index (κ2) is 33.2. The summed E-state index contributed by atoms with van der Waals surface area (Å²) in [4.78, 5) is 46.3. The molecular formula is C88H114N8O8. The van der Waals surface area contributed by atoms with Crippen LogP contribution in [0.5, 0.6) is 40.2 Å². The van der Waals surface area contributed by atoms with Crippen LogP contribution < -0.4 is 38.0 Å². The maximum atomic E-state index is 7.72. The first-order valence-corrected chi connectivity index (χ1v) is 42.1. The summed E-state index contributed by atoms with van der Waals surface area (Å²) in [5, 5.41) is 3.21. The van der Waals surface area contributed by atoms with Gasteiger partial charge in [0.2, 0.25) is 17.2 Å². The summed E-state index contributed by atoms with van der Waals surface area (Å²) in [7, 11) is 0. The van der Waals surface area contributed by atoms with Gasteiger partial charge in [-0.15, -0.1) is 4.73 Å². The fourth-order valence-corrected chi connectivity index (χ4v) is 19.5. The number of benzene rings is 4. The summed E-state index contributed by atoms with van der Waals surface area (Å²) in [6.45, 7) is 4.28. The zero-order valence-corrected chi connectivity index (χ0v) is 62.2. The maximum absolute atomic E-state index is 7.72. The molecule has 16 heteroatoms. The number of fused-ring (bicyclic) bond motifs is 20. The van der Waals surface area contributed by atoms with E-state index in [9.17, 15) is 0 Å². The molecule has 17 rings (SSSR count). The Hall–Kier alpha value is -7.36. The number of H-pyrrole nitrogens is 1. The topological polar surface area (TPSA) is 172 Å². The van der Waals surface area contributed by atoms with E-state index >= 15 is 0 Å². The Morgan fingerprint density at radius 2 is 0.596 bits per heavy atom. The van der Waals surface area contributed by atoms with Gasteiger partial charge in [0.1, 0.15) is 17.9 Å². The number of hydrogen-bond acceptors (Lipinski definition) is 14. The number of hydrogen-bond donors (Lipinski definition) is 1. The van der Waals surface area contributed by atoms with Crippen molar-refractivity contribution in [3.63, 3.8) is 0 Å². The lowest BCUT2D eigenvalue weighted by molar-refractivity contribution is 0.0813. The van der Waals surface area contributed by atoms with Gasteiger partial charge in [-0.2, -0.15) is 0 Å². The molecular weight excluding hydrogens is 1300 g/mol. The van der Waals surface area contributed by atoms with Crippen LogP contribution in [0.25, 0.3) is 89.7 Å². The first kappa shape index (κ1) is 69.7. The summed E-state index contributed by atoms with van der Waals surface area (Å²) in [6, 6.07) is 19.0. The van der Waals surface area contributed by atoms with E-state index in [-0.39, 0.29) is 0 Å². The molecule has 0 unspecified atom stereocenters. The Labute approximate surface area is 616 Å². The highest BCUT2D eigenvalue weighted by Gasteiger charge is 2.37. The molecule has 104 heavy (non-hydrogen) atoms. The van der Waals surface area contributed by atoms with Crippen LogP contribution in [0.2, 0.25) is 0 Å². The van der Waals surface area contributed by atoms with Gasteiger partial charge < -0.3 is 43.0 Å². The van der Waals surface area contributed by atoms with E-state index < -0.39 is 0 Å². The van der Waals surface area contributed by atoms with Crippen molar-refractivity contribution in [3.05, 3.63) is 54.6 Å². The van der Waals surface area contributed by atoms with Crippen molar-refractivity contribution in [1.82, 2.24) is 39.6 Å². The van der Waals surface area contributed by atoms with Gasteiger partial charge in [-0.25, -0.2) is 29.9 Å². The zero-order valence-electron chi connectivity index (χ0n) is 62.2. The molecule has 8 fully saturated rings. The Bertz CT molecular complexity index is 4250. The Kier molecular flexibility index (Phi) is 22.2. The highest BCUT2D eigenvalue weighted by molar-refractivity contribution is 6.15. The number of rotatable bonds is 24. The predicted molar refractivity (Wildman–Crippen MR) is 412 cm³/mol. The van der Waals surface area contributed by atoms with Crippen molar-refractivity contribution in [2.24, 2.45) is 47.3 Å². The predicted octanol–water partition coefficient (Wildman–Crippen LogP) is 22.1. The highest BCUT2D eigenvalue weighted by Crippen LogP contribution is 2.57. The molecule has 10 aliphatic rings. The standard InChI is InChI=1S/C88H114N8O8/c1-9-29-58(30-10-1)50-97-71-49-70-72(76(99-52-60-33-13-3-14-34-60)75(71)98-51-59-31-11-2-12-32-59)84-91-83(70)95-88-69-48-28-27-47-68(69)87(96(88)104-57-65-43-23-8-24-44-65)94-82-67-46-26-25-45-66(67)81(89-82)90-85-73-74(86(92-84)93-85)78(101-54-62-37-17-5-18-38-62)80(103-56-64-41-21-7-22-42-64)79(102-55-63-39-19-6-20-40-63)77(73)100-53-61-35-15-4-16-36-61/h25-28,45-49,58-65H,1-24,29-44,50-57H2,(H,89,90,91,92,93,94,95). The summed E-state index contributed by atoms with van der Waals surface area (Å²) < 4.78 is 55.0. The number of nitrogens with zero attached hydrogens (tertiary/aromatic N) is 7. The van der Waals surface area contributed by atoms with Crippen molar-refractivity contribution in [1.29, 1.82) is 0 Å². The first-order valence-electron chi connectivity index (χ1n) is 42.1. The molecule has 4 aromatic carbocycles. The summed E-state index contributed by atoms with van der Waals surface area (Å²) in [5.41, 5.74) is 5.44. The van der Waals surface area contributed by atoms with Crippen LogP contribution >= 0.6 is 0 Å². The van der Waals surface area contributed by atoms with E-state index in [1.165, 1.54) is 154 Å². The Balaban J connectivity index is 0.988. The third kappa shape index (κ3) is 15.6. The molecule has 0 atom stereocenters. The van der Waals surface area contributed by atoms with Crippen LogP contribution in [0.15, 0.2) is 54.6 Å². The minimum absolute atomic E-state index is 0.358. The van der Waals surface area contributed by atoms with E-state index in [0.29, 0.717) is 192 Å². The third-order valence-corrected chi connectivity index (χ3v) is 25.7. The number of ether oxygens (including phenoxy) is 7. The number of aromatic nitrogens is 8. The molecule has 7 aromatic rings. The molecule has 8 bridgehead atoms. The van der Waals surface area contributed by atoms with Gasteiger partial charge in [0, 0.05) is 27.5 Å². The van der Waals surface area contributed by atoms with Crippen molar-refractivity contribution < 1.29 is 38.0 Å². The molecule has 3 aromatic heterocycles. The molecule has 8 aliphatic carbocycles. The molecule has 554 valence electrons. The first-order chi connectivity index (χ1) is 51.6. The van der Waals surface area contributed by atoms with Gasteiger partial charge >= 0.3 is 0 Å². The van der Waals surface area contributed by atoms with Crippen molar-refractivity contribution in [2.45, 2.75) is 257 Å². The SMILES string of the molecule is c1ccc2c(c1)-c1nc-2nc2c3ccccc3c(nc3nc(nc4[nH]c(n1)c1c(OCC5CCCCC5)c(OCC5CCCCC5)c(OCC5CCCCC5)c(OCC5CCCCC5)c41)-c1c-3cc(OCC3CCCCC3)c(OCC3CCCCC3)c1OCC1CCCCC1)n2OCC1CCCCC1. The zero-order chi connectivity index (χ0) is 69.4. The van der Waals surface area contributed by atoms with Gasteiger partial charge in [0.25, 0.3) is 0 Å². The fourth-order valence-electron chi connectivity index (χ4n) is 19.5. The van der Waals surface area contributed by atoms with Gasteiger partial charge in [-0.05, 0) is 156 Å². The van der Waals surface area contributed by atoms with Crippen molar-refractivity contribution >= 4 is 44.1 Å². The van der Waals surface area contributed by atoms with Gasteiger partial charge in [0.05, 0.1) is 62.6 Å². The van der Waals surface area contributed by atoms with Crippen LogP contribution in [0.1, 0.15) is 257 Å². The lowest BCUT2D eigenvalue weighted by atomic mass is 9.90. The minimum atomic E-state index is 0.358. The molecule has 0 spiro atoms. The second-order valence-corrected chi connectivity index (χ2v) is 33.3. The van der Waals surface area contributed by atoms with Crippen LogP contribution in [0.4, 0.5) is 0 Å². The summed E-state index contributed by atoms with van der Waals surface area (Å²) >= 11 is 0. The lowest BCUT2D eigenvalue weighted by Gasteiger charge is -2.28. The maximum Gasteiger partial charge on any atom is 0.208 e. The van der Waals surface area contributed by atoms with Crippen LogP contribution in [-0.2, 0) is 0 Å². The normalized spacial score (nSPS) is 20.3. The van der Waals surface area contributed by atoms with E-state index in [0.717, 1.165) is 141 Å². The van der Waals surface area contributed by atoms with Gasteiger partial charge in [-0.3, -0.25) is 0 Å². The van der Waals surface area contributed by atoms with Crippen LogP contribution in [-0.4, -0.2) is 92.5 Å². The van der Waals surface area contributed by atoms with Crippen molar-refractivity contribution in [3.8, 4) is 85.8 Å². The average molecular weight is 1410 g/mol.